The molecule has 0 aromatic carbocycles. The number of hydrogen-bond donors (Lipinski definition) is 2. The molecule has 0 atom stereocenters. The van der Waals surface area contributed by atoms with Gasteiger partial charge in [-0.1, -0.05) is 6.92 Å². The highest BCUT2D eigenvalue weighted by Gasteiger charge is 2.34. The molecule has 2 saturated heterocycles. The van der Waals surface area contributed by atoms with Gasteiger partial charge in [0.15, 0.2) is 5.96 Å². The second-order valence-electron chi connectivity index (χ2n) is 8.65. The van der Waals surface area contributed by atoms with Gasteiger partial charge in [0.2, 0.25) is 0 Å². The van der Waals surface area contributed by atoms with Gasteiger partial charge >= 0.3 is 6.09 Å². The van der Waals surface area contributed by atoms with Crippen molar-refractivity contribution in [3.63, 3.8) is 0 Å². The van der Waals surface area contributed by atoms with E-state index in [1.165, 1.54) is 32.5 Å². The zero-order valence-electron chi connectivity index (χ0n) is 18.3. The van der Waals surface area contributed by atoms with Crippen LogP contribution in [0.25, 0.3) is 0 Å². The number of guanidine groups is 1. The molecule has 2 fully saturated rings. The van der Waals surface area contributed by atoms with E-state index < -0.39 is 5.60 Å². The monoisotopic (exact) mass is 509 g/mol. The minimum Gasteiger partial charge on any atom is -0.444 e. The summed E-state index contributed by atoms with van der Waals surface area (Å²) in [5.74, 6) is 1.66. The van der Waals surface area contributed by atoms with Crippen LogP contribution in [0.15, 0.2) is 4.99 Å². The summed E-state index contributed by atoms with van der Waals surface area (Å²) in [4.78, 5) is 21.0. The average molecular weight is 509 g/mol. The number of likely N-dealkylation sites (tertiary alicyclic amines) is 2. The van der Waals surface area contributed by atoms with Crippen molar-refractivity contribution in [1.82, 2.24) is 20.4 Å². The number of carbonyl (C=O) groups is 1. The molecule has 0 aromatic rings. The number of halogens is 1. The Balaban J connectivity index is 0.00000392. The summed E-state index contributed by atoms with van der Waals surface area (Å²) in [6, 6.07) is 0.239. The fraction of sp³-hybridized carbons (Fsp3) is 0.900. The average Bonchev–Trinajstić information content (AvgIpc) is 2.56. The lowest BCUT2D eigenvalue weighted by Crippen LogP contribution is -2.63. The molecule has 8 heteroatoms. The van der Waals surface area contributed by atoms with Gasteiger partial charge in [0, 0.05) is 26.2 Å². The van der Waals surface area contributed by atoms with E-state index in [1.807, 2.05) is 20.8 Å². The van der Waals surface area contributed by atoms with E-state index in [4.69, 9.17) is 9.73 Å². The zero-order chi connectivity index (χ0) is 19.9. The Labute approximate surface area is 188 Å². The van der Waals surface area contributed by atoms with Crippen LogP contribution in [0.1, 0.15) is 53.9 Å². The molecular weight excluding hydrogens is 469 g/mol. The van der Waals surface area contributed by atoms with Crippen molar-refractivity contribution in [3.8, 4) is 0 Å². The summed E-state index contributed by atoms with van der Waals surface area (Å²) in [5.41, 5.74) is -0.445. The van der Waals surface area contributed by atoms with Crippen LogP contribution >= 0.6 is 24.0 Å². The van der Waals surface area contributed by atoms with Gasteiger partial charge in [0.05, 0.1) is 6.04 Å². The molecule has 28 heavy (non-hydrogen) atoms. The molecule has 0 aromatic heterocycles. The van der Waals surface area contributed by atoms with Crippen molar-refractivity contribution in [2.24, 2.45) is 10.9 Å². The van der Waals surface area contributed by atoms with Crippen molar-refractivity contribution >= 4 is 36.0 Å². The Bertz CT molecular complexity index is 495. The number of aliphatic imine (C=N–C) groups is 1. The smallest absolute Gasteiger partial charge is 0.410 e. The fourth-order valence-electron chi connectivity index (χ4n) is 3.51. The molecule has 2 heterocycles. The topological polar surface area (TPSA) is 69.2 Å². The molecule has 0 spiro atoms. The van der Waals surface area contributed by atoms with Crippen LogP contribution in [-0.4, -0.2) is 79.3 Å². The molecule has 0 unspecified atom stereocenters. The van der Waals surface area contributed by atoms with Crippen molar-refractivity contribution in [3.05, 3.63) is 0 Å². The predicted molar refractivity (Wildman–Crippen MR) is 126 cm³/mol. The SMILES string of the molecule is CCNC(=NCCC1CCN(CC)CC1)NC1CN(C(=O)OC(C)(C)C)C1.I. The van der Waals surface area contributed by atoms with Crippen LogP contribution in [0.2, 0.25) is 0 Å². The highest BCUT2D eigenvalue weighted by Crippen LogP contribution is 2.20. The third-order valence-corrected chi connectivity index (χ3v) is 5.18. The molecule has 0 aliphatic carbocycles. The van der Waals surface area contributed by atoms with Gasteiger partial charge in [-0.25, -0.2) is 4.79 Å². The van der Waals surface area contributed by atoms with Gasteiger partial charge < -0.3 is 25.2 Å². The Hall–Kier alpha value is -0.770. The van der Waals surface area contributed by atoms with E-state index in [-0.39, 0.29) is 36.1 Å². The molecule has 0 saturated carbocycles. The van der Waals surface area contributed by atoms with Crippen LogP contribution in [0.4, 0.5) is 4.79 Å². The lowest BCUT2D eigenvalue weighted by molar-refractivity contribution is 0.00700. The highest BCUT2D eigenvalue weighted by atomic mass is 127. The van der Waals surface area contributed by atoms with Crippen LogP contribution in [0.5, 0.6) is 0 Å². The lowest BCUT2D eigenvalue weighted by atomic mass is 9.94. The Morgan fingerprint density at radius 3 is 2.36 bits per heavy atom. The van der Waals surface area contributed by atoms with Gasteiger partial charge in [-0.2, -0.15) is 0 Å². The molecule has 7 nitrogen and oxygen atoms in total. The molecule has 2 N–H and O–H groups in total. The molecule has 0 bridgehead atoms. The fourth-order valence-corrected chi connectivity index (χ4v) is 3.51. The van der Waals surface area contributed by atoms with Crippen LogP contribution in [0, 0.1) is 5.92 Å². The van der Waals surface area contributed by atoms with Crippen molar-refractivity contribution in [2.75, 3.05) is 45.8 Å². The summed E-state index contributed by atoms with van der Waals surface area (Å²) in [7, 11) is 0. The molecular formula is C20H40IN5O2. The third-order valence-electron chi connectivity index (χ3n) is 5.18. The summed E-state index contributed by atoms with van der Waals surface area (Å²) in [6.45, 7) is 16.6. The number of rotatable bonds is 6. The van der Waals surface area contributed by atoms with Crippen LogP contribution in [0.3, 0.4) is 0 Å². The summed E-state index contributed by atoms with van der Waals surface area (Å²) < 4.78 is 5.40. The normalized spacial score (nSPS) is 19.6. The number of hydrogen-bond acceptors (Lipinski definition) is 4. The minimum absolute atomic E-state index is 0. The van der Waals surface area contributed by atoms with E-state index in [0.29, 0.717) is 13.1 Å². The second kappa shape index (κ2) is 12.0. The van der Waals surface area contributed by atoms with Gasteiger partial charge in [0.1, 0.15) is 5.60 Å². The van der Waals surface area contributed by atoms with Gasteiger partial charge in [0.25, 0.3) is 0 Å². The van der Waals surface area contributed by atoms with E-state index in [1.54, 1.807) is 4.90 Å². The first kappa shape index (κ1) is 25.3. The van der Waals surface area contributed by atoms with E-state index in [9.17, 15) is 4.79 Å². The van der Waals surface area contributed by atoms with Crippen molar-refractivity contribution in [2.45, 2.75) is 65.5 Å². The van der Waals surface area contributed by atoms with Crippen LogP contribution in [-0.2, 0) is 4.74 Å². The maximum Gasteiger partial charge on any atom is 0.410 e. The Morgan fingerprint density at radius 2 is 1.82 bits per heavy atom. The predicted octanol–water partition coefficient (Wildman–Crippen LogP) is 2.90. The summed E-state index contributed by atoms with van der Waals surface area (Å²) in [6.07, 6.45) is 3.51. The zero-order valence-corrected chi connectivity index (χ0v) is 20.6. The van der Waals surface area contributed by atoms with Gasteiger partial charge in [-0.05, 0) is 72.5 Å². The van der Waals surface area contributed by atoms with E-state index in [0.717, 1.165) is 31.4 Å². The largest absolute Gasteiger partial charge is 0.444 e. The lowest BCUT2D eigenvalue weighted by Gasteiger charge is -2.40. The maximum atomic E-state index is 12.0. The highest BCUT2D eigenvalue weighted by molar-refractivity contribution is 14.0. The number of ether oxygens (including phenoxy) is 1. The first-order chi connectivity index (χ1) is 12.8. The molecule has 1 amide bonds. The summed E-state index contributed by atoms with van der Waals surface area (Å²) >= 11 is 0. The molecule has 2 aliphatic rings. The standard InChI is InChI=1S/C20H39N5O2.HI/c1-6-21-18(22-11-8-16-9-12-24(7-2)13-10-16)23-17-14-25(15-17)19(26)27-20(3,4)5;/h16-17H,6-15H2,1-5H3,(H2,21,22,23);1H. The van der Waals surface area contributed by atoms with E-state index in [2.05, 4.69) is 29.4 Å². The maximum absolute atomic E-state index is 12.0. The molecule has 0 radical (unpaired) electrons. The van der Waals surface area contributed by atoms with E-state index >= 15 is 0 Å². The molecule has 2 rings (SSSR count). The third kappa shape index (κ3) is 8.71. The molecule has 164 valence electrons. The number of nitrogens with one attached hydrogen (secondary N) is 2. The first-order valence-electron chi connectivity index (χ1n) is 10.6. The quantitative estimate of drug-likeness (QED) is 0.328. The Morgan fingerprint density at radius 1 is 1.18 bits per heavy atom. The van der Waals surface area contributed by atoms with Gasteiger partial charge in [-0.15, -0.1) is 24.0 Å². The minimum atomic E-state index is -0.445. The van der Waals surface area contributed by atoms with Crippen molar-refractivity contribution < 1.29 is 9.53 Å². The second-order valence-corrected chi connectivity index (χ2v) is 8.65. The van der Waals surface area contributed by atoms with Crippen molar-refractivity contribution in [1.29, 1.82) is 0 Å². The summed E-state index contributed by atoms with van der Waals surface area (Å²) in [5, 5.41) is 6.75. The number of piperidine rings is 1. The first-order valence-corrected chi connectivity index (χ1v) is 10.6. The van der Waals surface area contributed by atoms with Gasteiger partial charge in [-0.3, -0.25) is 4.99 Å². The number of nitrogens with zero attached hydrogens (tertiary/aromatic N) is 3. The molecule has 2 aliphatic heterocycles. The van der Waals surface area contributed by atoms with Crippen LogP contribution < -0.4 is 10.6 Å². The Kier molecular flexibility index (Phi) is 10.9. The number of amides is 1. The number of carbonyl (C=O) groups excluding carboxylic acids is 1.